The molecule has 6 heteroatoms. The summed E-state index contributed by atoms with van der Waals surface area (Å²) in [7, 11) is -2.02. The maximum Gasteiger partial charge on any atom is 0.186 e. The van der Waals surface area contributed by atoms with Gasteiger partial charge in [0, 0.05) is 18.9 Å². The fourth-order valence-corrected chi connectivity index (χ4v) is 3.53. The first-order valence-electron chi connectivity index (χ1n) is 6.07. The first-order valence-corrected chi connectivity index (χ1v) is 7.62. The number of pyridine rings is 1. The molecule has 1 heterocycles. The molecule has 0 aliphatic rings. The Morgan fingerprint density at radius 2 is 1.95 bits per heavy atom. The van der Waals surface area contributed by atoms with Gasteiger partial charge in [0.1, 0.15) is 11.0 Å². The van der Waals surface area contributed by atoms with E-state index in [1.807, 2.05) is 0 Å². The number of hydrogen-bond donors (Lipinski definition) is 1. The molecule has 0 aliphatic carbocycles. The highest BCUT2D eigenvalue weighted by atomic mass is 32.2. The second kappa shape index (κ2) is 6.02. The number of nitrogens with zero attached hydrogens (tertiary/aromatic N) is 1. The van der Waals surface area contributed by atoms with Crippen molar-refractivity contribution in [2.45, 2.75) is 10.1 Å². The van der Waals surface area contributed by atoms with E-state index in [1.165, 1.54) is 25.4 Å². The zero-order chi connectivity index (χ0) is 14.6. The predicted octanol–water partition coefficient (Wildman–Crippen LogP) is 1.56. The van der Waals surface area contributed by atoms with Gasteiger partial charge in [0.2, 0.25) is 0 Å². The van der Waals surface area contributed by atoms with Gasteiger partial charge >= 0.3 is 0 Å². The Hall–Kier alpha value is -1.92. The largest absolute Gasteiger partial charge is 0.497 e. The Balaban J connectivity index is 2.41. The summed E-state index contributed by atoms with van der Waals surface area (Å²) in [5.41, 5.74) is 6.24. The molecular formula is C14H16N2O3S. The summed E-state index contributed by atoms with van der Waals surface area (Å²) in [5.74, 6) is 0.606. The minimum atomic E-state index is -3.55. The second-order valence-electron chi connectivity index (χ2n) is 4.23. The lowest BCUT2D eigenvalue weighted by Crippen LogP contribution is -2.22. The highest BCUT2D eigenvalue weighted by Gasteiger charge is 2.28. The molecule has 0 spiro atoms. The molecule has 106 valence electrons. The van der Waals surface area contributed by atoms with Gasteiger partial charge in [0.05, 0.1) is 12.0 Å². The lowest BCUT2D eigenvalue weighted by Gasteiger charge is -2.16. The molecule has 0 saturated heterocycles. The van der Waals surface area contributed by atoms with Crippen LogP contribution in [-0.4, -0.2) is 27.1 Å². The van der Waals surface area contributed by atoms with Crippen molar-refractivity contribution in [2.24, 2.45) is 5.73 Å². The Labute approximate surface area is 118 Å². The molecule has 2 N–H and O–H groups in total. The molecule has 0 aliphatic heterocycles. The monoisotopic (exact) mass is 292 g/mol. The van der Waals surface area contributed by atoms with Crippen molar-refractivity contribution in [1.29, 1.82) is 0 Å². The van der Waals surface area contributed by atoms with E-state index in [4.69, 9.17) is 10.5 Å². The van der Waals surface area contributed by atoms with Gasteiger partial charge < -0.3 is 10.5 Å². The summed E-state index contributed by atoms with van der Waals surface area (Å²) in [6.07, 6.45) is 3.12. The highest BCUT2D eigenvalue weighted by molar-refractivity contribution is 7.91. The SMILES string of the molecule is COc1ccc(S(=O)(=O)C(CN)c2cccnc2)cc1. The molecule has 0 fully saturated rings. The summed E-state index contributed by atoms with van der Waals surface area (Å²) in [4.78, 5) is 4.17. The van der Waals surface area contributed by atoms with Crippen LogP contribution in [0.2, 0.25) is 0 Å². The molecular weight excluding hydrogens is 276 g/mol. The summed E-state index contributed by atoms with van der Waals surface area (Å²) in [6.45, 7) is 0.0000554. The number of benzene rings is 1. The van der Waals surface area contributed by atoms with Gasteiger partial charge in [-0.3, -0.25) is 4.98 Å². The van der Waals surface area contributed by atoms with E-state index in [0.29, 0.717) is 11.3 Å². The van der Waals surface area contributed by atoms with Crippen molar-refractivity contribution in [2.75, 3.05) is 13.7 Å². The van der Waals surface area contributed by atoms with Gasteiger partial charge in [-0.25, -0.2) is 8.42 Å². The number of methoxy groups -OCH3 is 1. The number of aromatic nitrogens is 1. The van der Waals surface area contributed by atoms with Crippen LogP contribution in [0.1, 0.15) is 10.8 Å². The number of ether oxygens (including phenoxy) is 1. The zero-order valence-corrected chi connectivity index (χ0v) is 11.9. The Bertz CT molecular complexity index is 655. The van der Waals surface area contributed by atoms with Crippen molar-refractivity contribution in [3.8, 4) is 5.75 Å². The van der Waals surface area contributed by atoms with E-state index < -0.39 is 15.1 Å². The van der Waals surface area contributed by atoms with E-state index in [9.17, 15) is 8.42 Å². The number of rotatable bonds is 5. The maximum atomic E-state index is 12.6. The third-order valence-electron chi connectivity index (χ3n) is 3.03. The zero-order valence-electron chi connectivity index (χ0n) is 11.1. The van der Waals surface area contributed by atoms with Crippen molar-refractivity contribution >= 4 is 9.84 Å². The van der Waals surface area contributed by atoms with Crippen molar-refractivity contribution in [1.82, 2.24) is 4.98 Å². The molecule has 2 rings (SSSR count). The smallest absolute Gasteiger partial charge is 0.186 e. The predicted molar refractivity (Wildman–Crippen MR) is 76.2 cm³/mol. The van der Waals surface area contributed by atoms with E-state index in [1.54, 1.807) is 30.5 Å². The van der Waals surface area contributed by atoms with Gasteiger partial charge in [-0.1, -0.05) is 6.07 Å². The highest BCUT2D eigenvalue weighted by Crippen LogP contribution is 2.28. The summed E-state index contributed by atoms with van der Waals surface area (Å²) in [6, 6.07) is 9.68. The van der Waals surface area contributed by atoms with E-state index in [-0.39, 0.29) is 11.4 Å². The molecule has 0 saturated carbocycles. The van der Waals surface area contributed by atoms with Crippen LogP contribution in [0.3, 0.4) is 0 Å². The summed E-state index contributed by atoms with van der Waals surface area (Å²) < 4.78 is 30.3. The first kappa shape index (κ1) is 14.5. The molecule has 1 aromatic carbocycles. The van der Waals surface area contributed by atoms with Crippen LogP contribution in [0.4, 0.5) is 0 Å². The molecule has 1 aromatic heterocycles. The quantitative estimate of drug-likeness (QED) is 0.904. The summed E-state index contributed by atoms with van der Waals surface area (Å²) in [5, 5.41) is -0.801. The third-order valence-corrected chi connectivity index (χ3v) is 5.18. The van der Waals surface area contributed by atoms with Crippen LogP contribution in [-0.2, 0) is 9.84 Å². The second-order valence-corrected chi connectivity index (χ2v) is 6.36. The molecule has 0 amide bonds. The minimum absolute atomic E-state index is 0.0000554. The van der Waals surface area contributed by atoms with Crippen LogP contribution in [0.15, 0.2) is 53.7 Å². The molecule has 0 radical (unpaired) electrons. The fourth-order valence-electron chi connectivity index (χ4n) is 1.94. The normalized spacial score (nSPS) is 12.9. The number of sulfone groups is 1. The van der Waals surface area contributed by atoms with Crippen LogP contribution in [0.5, 0.6) is 5.75 Å². The van der Waals surface area contributed by atoms with Crippen molar-refractivity contribution < 1.29 is 13.2 Å². The van der Waals surface area contributed by atoms with Gasteiger partial charge in [0.15, 0.2) is 9.84 Å². The van der Waals surface area contributed by atoms with E-state index in [2.05, 4.69) is 4.98 Å². The van der Waals surface area contributed by atoms with Crippen LogP contribution < -0.4 is 10.5 Å². The lowest BCUT2D eigenvalue weighted by molar-refractivity contribution is 0.414. The number of nitrogens with two attached hydrogens (primary N) is 1. The van der Waals surface area contributed by atoms with Gasteiger partial charge in [0.25, 0.3) is 0 Å². The Morgan fingerprint density at radius 1 is 1.25 bits per heavy atom. The molecule has 1 atom stereocenters. The molecule has 0 bridgehead atoms. The Kier molecular flexibility index (Phi) is 4.36. The van der Waals surface area contributed by atoms with Crippen LogP contribution in [0.25, 0.3) is 0 Å². The number of hydrogen-bond acceptors (Lipinski definition) is 5. The molecule has 1 unspecified atom stereocenters. The van der Waals surface area contributed by atoms with Gasteiger partial charge in [-0.05, 0) is 35.9 Å². The molecule has 20 heavy (non-hydrogen) atoms. The average molecular weight is 292 g/mol. The van der Waals surface area contributed by atoms with E-state index >= 15 is 0 Å². The van der Waals surface area contributed by atoms with Crippen LogP contribution >= 0.6 is 0 Å². The minimum Gasteiger partial charge on any atom is -0.497 e. The van der Waals surface area contributed by atoms with Crippen molar-refractivity contribution in [3.63, 3.8) is 0 Å². The topological polar surface area (TPSA) is 82.3 Å². The lowest BCUT2D eigenvalue weighted by atomic mass is 10.2. The molecule has 2 aromatic rings. The van der Waals surface area contributed by atoms with E-state index in [0.717, 1.165) is 0 Å². The average Bonchev–Trinajstić information content (AvgIpc) is 2.49. The van der Waals surface area contributed by atoms with Crippen molar-refractivity contribution in [3.05, 3.63) is 54.4 Å². The standard InChI is InChI=1S/C14H16N2O3S/c1-19-12-4-6-13(7-5-12)20(17,18)14(9-15)11-3-2-8-16-10-11/h2-8,10,14H,9,15H2,1H3. The van der Waals surface area contributed by atoms with Gasteiger partial charge in [-0.15, -0.1) is 0 Å². The first-order chi connectivity index (χ1) is 9.59. The fraction of sp³-hybridized carbons (Fsp3) is 0.214. The third kappa shape index (κ3) is 2.81. The van der Waals surface area contributed by atoms with Gasteiger partial charge in [-0.2, -0.15) is 0 Å². The van der Waals surface area contributed by atoms with Crippen LogP contribution in [0, 0.1) is 0 Å². The Morgan fingerprint density at radius 3 is 2.45 bits per heavy atom. The molecule has 5 nitrogen and oxygen atoms in total. The maximum absolute atomic E-state index is 12.6. The summed E-state index contributed by atoms with van der Waals surface area (Å²) >= 11 is 0.